The number of methoxy groups -OCH3 is 1. The molecule has 0 aromatic heterocycles. The maximum atomic E-state index is 5.55. The second-order valence-corrected chi connectivity index (χ2v) is 4.35. The van der Waals surface area contributed by atoms with E-state index >= 15 is 0 Å². The highest BCUT2D eigenvalue weighted by molar-refractivity contribution is 5.43. The predicted octanol–water partition coefficient (Wildman–Crippen LogP) is 3.68. The van der Waals surface area contributed by atoms with Crippen molar-refractivity contribution < 1.29 is 9.47 Å². The van der Waals surface area contributed by atoms with Gasteiger partial charge in [-0.2, -0.15) is 0 Å². The van der Waals surface area contributed by atoms with E-state index in [-0.39, 0.29) is 0 Å². The summed E-state index contributed by atoms with van der Waals surface area (Å²) in [6.07, 6.45) is 2.31. The molecule has 90 valence electrons. The lowest BCUT2D eigenvalue weighted by molar-refractivity contribution is 0.310. The lowest BCUT2D eigenvalue weighted by atomic mass is 10.0. The molecule has 1 aromatic carbocycles. The predicted molar refractivity (Wildman–Crippen MR) is 67.3 cm³/mol. The summed E-state index contributed by atoms with van der Waals surface area (Å²) >= 11 is 0. The molecule has 0 radical (unpaired) electrons. The first-order valence-electron chi connectivity index (χ1n) is 5.97. The third-order valence-corrected chi connectivity index (χ3v) is 2.54. The Morgan fingerprint density at radius 3 is 2.50 bits per heavy atom. The van der Waals surface area contributed by atoms with Crippen molar-refractivity contribution in [2.45, 2.75) is 33.6 Å². The maximum absolute atomic E-state index is 5.55. The standard InChI is InChI=1S/C14H22O2/c1-5-16-14-10-12(7-6-11(2)3)8-9-13(14)15-4/h8-11H,5-7H2,1-4H3. The van der Waals surface area contributed by atoms with E-state index in [9.17, 15) is 0 Å². The third-order valence-electron chi connectivity index (χ3n) is 2.54. The van der Waals surface area contributed by atoms with Gasteiger partial charge in [-0.05, 0) is 43.4 Å². The summed E-state index contributed by atoms with van der Waals surface area (Å²) in [6, 6.07) is 6.19. The molecule has 2 nitrogen and oxygen atoms in total. The molecule has 0 saturated carbocycles. The van der Waals surface area contributed by atoms with Crippen molar-refractivity contribution in [1.82, 2.24) is 0 Å². The van der Waals surface area contributed by atoms with Crippen molar-refractivity contribution in [3.8, 4) is 11.5 Å². The zero-order valence-electron chi connectivity index (χ0n) is 10.7. The number of benzene rings is 1. The third kappa shape index (κ3) is 3.76. The van der Waals surface area contributed by atoms with Gasteiger partial charge in [-0.25, -0.2) is 0 Å². The number of rotatable bonds is 6. The van der Waals surface area contributed by atoms with Crippen LogP contribution in [-0.4, -0.2) is 13.7 Å². The zero-order chi connectivity index (χ0) is 12.0. The molecular formula is C14H22O2. The normalized spacial score (nSPS) is 10.6. The Labute approximate surface area is 98.6 Å². The van der Waals surface area contributed by atoms with Gasteiger partial charge in [0.25, 0.3) is 0 Å². The van der Waals surface area contributed by atoms with Crippen molar-refractivity contribution in [3.05, 3.63) is 23.8 Å². The molecule has 16 heavy (non-hydrogen) atoms. The van der Waals surface area contributed by atoms with E-state index in [4.69, 9.17) is 9.47 Å². The van der Waals surface area contributed by atoms with Crippen molar-refractivity contribution >= 4 is 0 Å². The van der Waals surface area contributed by atoms with E-state index in [0.717, 1.165) is 23.8 Å². The first-order chi connectivity index (χ1) is 7.67. The van der Waals surface area contributed by atoms with Crippen LogP contribution in [0.3, 0.4) is 0 Å². The molecular weight excluding hydrogens is 200 g/mol. The van der Waals surface area contributed by atoms with Gasteiger partial charge >= 0.3 is 0 Å². The fourth-order valence-electron chi connectivity index (χ4n) is 1.60. The molecule has 2 heteroatoms. The Morgan fingerprint density at radius 2 is 1.94 bits per heavy atom. The summed E-state index contributed by atoms with van der Waals surface area (Å²) in [7, 11) is 1.67. The average Bonchev–Trinajstić information content (AvgIpc) is 2.27. The van der Waals surface area contributed by atoms with Gasteiger partial charge in [-0.15, -0.1) is 0 Å². The Hall–Kier alpha value is -1.18. The lowest BCUT2D eigenvalue weighted by Gasteiger charge is -2.11. The van der Waals surface area contributed by atoms with Crippen LogP contribution < -0.4 is 9.47 Å². The summed E-state index contributed by atoms with van der Waals surface area (Å²) in [4.78, 5) is 0. The Bertz CT molecular complexity index is 319. The highest BCUT2D eigenvalue weighted by atomic mass is 16.5. The first kappa shape index (κ1) is 12.9. The van der Waals surface area contributed by atoms with E-state index in [1.807, 2.05) is 13.0 Å². The minimum absolute atomic E-state index is 0.671. The molecule has 1 aromatic rings. The van der Waals surface area contributed by atoms with Crippen molar-refractivity contribution in [2.75, 3.05) is 13.7 Å². The molecule has 0 aliphatic carbocycles. The van der Waals surface area contributed by atoms with Gasteiger partial charge in [0, 0.05) is 0 Å². The minimum Gasteiger partial charge on any atom is -0.493 e. The topological polar surface area (TPSA) is 18.5 Å². The fourth-order valence-corrected chi connectivity index (χ4v) is 1.60. The number of ether oxygens (including phenoxy) is 2. The van der Waals surface area contributed by atoms with E-state index in [1.165, 1.54) is 12.0 Å². The Morgan fingerprint density at radius 1 is 1.19 bits per heavy atom. The van der Waals surface area contributed by atoms with Crippen LogP contribution in [0.4, 0.5) is 0 Å². The molecule has 0 bridgehead atoms. The van der Waals surface area contributed by atoms with Crippen LogP contribution >= 0.6 is 0 Å². The van der Waals surface area contributed by atoms with Gasteiger partial charge in [0.05, 0.1) is 13.7 Å². The fraction of sp³-hybridized carbons (Fsp3) is 0.571. The SMILES string of the molecule is CCOc1cc(CCC(C)C)ccc1OC. The van der Waals surface area contributed by atoms with E-state index in [0.29, 0.717) is 6.61 Å². The largest absolute Gasteiger partial charge is 0.493 e. The van der Waals surface area contributed by atoms with Crippen molar-refractivity contribution in [3.63, 3.8) is 0 Å². The smallest absolute Gasteiger partial charge is 0.161 e. The molecule has 0 fully saturated rings. The molecule has 1 rings (SSSR count). The van der Waals surface area contributed by atoms with Gasteiger partial charge in [-0.3, -0.25) is 0 Å². The van der Waals surface area contributed by atoms with Crippen LogP contribution in [-0.2, 0) is 6.42 Å². The first-order valence-corrected chi connectivity index (χ1v) is 5.97. The Kier molecular flexibility index (Phi) is 5.17. The van der Waals surface area contributed by atoms with Gasteiger partial charge in [0.1, 0.15) is 0 Å². The molecule has 0 saturated heterocycles. The molecule has 0 N–H and O–H groups in total. The molecule has 0 atom stereocenters. The van der Waals surface area contributed by atoms with E-state index in [2.05, 4.69) is 26.0 Å². The van der Waals surface area contributed by atoms with Crippen LogP contribution in [0.5, 0.6) is 11.5 Å². The molecule has 0 aliphatic heterocycles. The van der Waals surface area contributed by atoms with Gasteiger partial charge < -0.3 is 9.47 Å². The molecule has 0 spiro atoms. The lowest BCUT2D eigenvalue weighted by Crippen LogP contribution is -1.98. The quantitative estimate of drug-likeness (QED) is 0.731. The summed E-state index contributed by atoms with van der Waals surface area (Å²) in [6.45, 7) is 7.14. The van der Waals surface area contributed by atoms with Crippen LogP contribution in [0.25, 0.3) is 0 Å². The van der Waals surface area contributed by atoms with Gasteiger partial charge in [0.15, 0.2) is 11.5 Å². The average molecular weight is 222 g/mol. The molecule has 0 aliphatic rings. The summed E-state index contributed by atoms with van der Waals surface area (Å²) in [5, 5.41) is 0. The zero-order valence-corrected chi connectivity index (χ0v) is 10.7. The van der Waals surface area contributed by atoms with Gasteiger partial charge in [0.2, 0.25) is 0 Å². The van der Waals surface area contributed by atoms with E-state index in [1.54, 1.807) is 7.11 Å². The van der Waals surface area contributed by atoms with Crippen LogP contribution in [0.2, 0.25) is 0 Å². The van der Waals surface area contributed by atoms with Crippen molar-refractivity contribution in [2.24, 2.45) is 5.92 Å². The van der Waals surface area contributed by atoms with Crippen LogP contribution in [0.15, 0.2) is 18.2 Å². The monoisotopic (exact) mass is 222 g/mol. The summed E-state index contributed by atoms with van der Waals surface area (Å²) in [5.74, 6) is 2.40. The van der Waals surface area contributed by atoms with Gasteiger partial charge in [-0.1, -0.05) is 19.9 Å². The summed E-state index contributed by atoms with van der Waals surface area (Å²) in [5.41, 5.74) is 1.32. The molecule has 0 amide bonds. The number of aryl methyl sites for hydroxylation is 1. The van der Waals surface area contributed by atoms with Crippen LogP contribution in [0.1, 0.15) is 32.8 Å². The minimum atomic E-state index is 0.671. The second-order valence-electron chi connectivity index (χ2n) is 4.35. The van der Waals surface area contributed by atoms with E-state index < -0.39 is 0 Å². The van der Waals surface area contributed by atoms with Crippen LogP contribution in [0, 0.1) is 5.92 Å². The second kappa shape index (κ2) is 6.41. The summed E-state index contributed by atoms with van der Waals surface area (Å²) < 4.78 is 10.8. The number of hydrogen-bond acceptors (Lipinski definition) is 2. The Balaban J connectivity index is 2.76. The molecule has 0 heterocycles. The highest BCUT2D eigenvalue weighted by Gasteiger charge is 2.05. The number of hydrogen-bond donors (Lipinski definition) is 0. The van der Waals surface area contributed by atoms with Crippen molar-refractivity contribution in [1.29, 1.82) is 0 Å². The molecule has 0 unspecified atom stereocenters. The highest BCUT2D eigenvalue weighted by Crippen LogP contribution is 2.28. The maximum Gasteiger partial charge on any atom is 0.161 e.